The molecule has 2 N–H and O–H groups in total. The third kappa shape index (κ3) is 4.67. The van der Waals surface area contributed by atoms with E-state index in [1.807, 2.05) is 6.92 Å². The smallest absolute Gasteiger partial charge is 0.226 e. The number of carbonyl (C=O) groups is 1. The Hall–Kier alpha value is -1.01. The van der Waals surface area contributed by atoms with Crippen LogP contribution in [0.4, 0.5) is 5.82 Å². The van der Waals surface area contributed by atoms with Gasteiger partial charge < -0.3 is 14.9 Å². The van der Waals surface area contributed by atoms with Gasteiger partial charge in [-0.3, -0.25) is 4.79 Å². The molecule has 0 unspecified atom stereocenters. The molecule has 0 spiro atoms. The maximum absolute atomic E-state index is 11.4. The Morgan fingerprint density at radius 2 is 2.50 bits per heavy atom. The first-order chi connectivity index (χ1) is 7.61. The molecule has 1 aromatic rings. The highest BCUT2D eigenvalue weighted by Gasteiger charge is 2.07. The van der Waals surface area contributed by atoms with Crippen molar-refractivity contribution in [1.29, 1.82) is 0 Å². The number of nitrogens with one attached hydrogen (secondary N) is 1. The number of carbonyl (C=O) groups excluding carboxylic acids is 1. The van der Waals surface area contributed by atoms with Crippen molar-refractivity contribution in [3.8, 4) is 0 Å². The van der Waals surface area contributed by atoms with Crippen LogP contribution in [0, 0.1) is 6.92 Å². The summed E-state index contributed by atoms with van der Waals surface area (Å²) in [6.07, 6.45) is 0.404. The van der Waals surface area contributed by atoms with Gasteiger partial charge >= 0.3 is 0 Å². The molecule has 0 radical (unpaired) electrons. The van der Waals surface area contributed by atoms with Crippen LogP contribution in [0.2, 0.25) is 0 Å². The summed E-state index contributed by atoms with van der Waals surface area (Å²) in [5.41, 5.74) is 0. The molecule has 0 bridgehead atoms. The van der Waals surface area contributed by atoms with Gasteiger partial charge in [0, 0.05) is 23.5 Å². The summed E-state index contributed by atoms with van der Waals surface area (Å²) in [4.78, 5) is 11.4. The number of hydrogen-bond acceptors (Lipinski definition) is 5. The van der Waals surface area contributed by atoms with Crippen LogP contribution in [-0.2, 0) is 4.79 Å². The second kappa shape index (κ2) is 6.55. The molecule has 90 valence electrons. The summed E-state index contributed by atoms with van der Waals surface area (Å²) in [5, 5.41) is 15.3. The summed E-state index contributed by atoms with van der Waals surface area (Å²) < 4.78 is 4.82. The number of amides is 1. The molecule has 0 saturated carbocycles. The summed E-state index contributed by atoms with van der Waals surface area (Å²) in [6.45, 7) is 3.82. The van der Waals surface area contributed by atoms with E-state index in [1.165, 1.54) is 0 Å². The zero-order chi connectivity index (χ0) is 12.0. The van der Waals surface area contributed by atoms with E-state index in [1.54, 1.807) is 24.8 Å². The third-order valence-electron chi connectivity index (χ3n) is 1.88. The van der Waals surface area contributed by atoms with Gasteiger partial charge in [0.2, 0.25) is 5.91 Å². The van der Waals surface area contributed by atoms with Crippen LogP contribution in [0.3, 0.4) is 0 Å². The molecule has 0 aliphatic carbocycles. The number of aliphatic hydroxyl groups excluding tert-OH is 1. The highest BCUT2D eigenvalue weighted by Crippen LogP contribution is 2.12. The Bertz CT molecular complexity index is 341. The van der Waals surface area contributed by atoms with Crippen molar-refractivity contribution in [3.05, 3.63) is 11.8 Å². The first-order valence-corrected chi connectivity index (χ1v) is 6.12. The van der Waals surface area contributed by atoms with E-state index in [2.05, 4.69) is 10.5 Å². The van der Waals surface area contributed by atoms with Crippen LogP contribution >= 0.6 is 11.8 Å². The monoisotopic (exact) mass is 244 g/mol. The number of hydrogen-bond donors (Lipinski definition) is 2. The number of aryl methyl sites for hydroxylation is 1. The minimum atomic E-state index is -0.0917. The average molecular weight is 244 g/mol. The topological polar surface area (TPSA) is 75.4 Å². The number of aliphatic hydroxyl groups is 1. The fourth-order valence-electron chi connectivity index (χ4n) is 1.04. The molecule has 1 amide bonds. The molecule has 0 fully saturated rings. The molecule has 0 aromatic carbocycles. The standard InChI is InChI=1S/C10H16N2O3S/c1-7-5-9(12-15-7)11-10(14)3-4-16-8(2)6-13/h5,8,13H,3-4,6H2,1-2H3,(H,11,12,14)/t8-/m0/s1. The lowest BCUT2D eigenvalue weighted by Gasteiger charge is -2.06. The van der Waals surface area contributed by atoms with E-state index in [9.17, 15) is 4.79 Å². The van der Waals surface area contributed by atoms with Gasteiger partial charge in [-0.25, -0.2) is 0 Å². The molecule has 0 aliphatic rings. The predicted octanol–water partition coefficient (Wildman–Crippen LogP) is 1.43. The first kappa shape index (κ1) is 13.1. The highest BCUT2D eigenvalue weighted by molar-refractivity contribution is 7.99. The van der Waals surface area contributed by atoms with Gasteiger partial charge in [-0.2, -0.15) is 11.8 Å². The van der Waals surface area contributed by atoms with Crippen LogP contribution in [-0.4, -0.2) is 33.8 Å². The van der Waals surface area contributed by atoms with Crippen molar-refractivity contribution in [3.63, 3.8) is 0 Å². The quantitative estimate of drug-likeness (QED) is 0.791. The molecule has 5 nitrogen and oxygen atoms in total. The zero-order valence-corrected chi connectivity index (χ0v) is 10.2. The zero-order valence-electron chi connectivity index (χ0n) is 9.40. The Balaban J connectivity index is 2.21. The van der Waals surface area contributed by atoms with Gasteiger partial charge in [0.1, 0.15) is 5.76 Å². The molecule has 0 aliphatic heterocycles. The van der Waals surface area contributed by atoms with Crippen molar-refractivity contribution in [2.24, 2.45) is 0 Å². The Morgan fingerprint density at radius 3 is 3.06 bits per heavy atom. The molecule has 1 atom stereocenters. The largest absolute Gasteiger partial charge is 0.395 e. The van der Waals surface area contributed by atoms with Gasteiger partial charge in [0.15, 0.2) is 5.82 Å². The van der Waals surface area contributed by atoms with Crippen LogP contribution in [0.5, 0.6) is 0 Å². The maximum Gasteiger partial charge on any atom is 0.226 e. The second-order valence-electron chi connectivity index (χ2n) is 3.48. The highest BCUT2D eigenvalue weighted by atomic mass is 32.2. The van der Waals surface area contributed by atoms with Gasteiger partial charge in [0.05, 0.1) is 6.61 Å². The van der Waals surface area contributed by atoms with Gasteiger partial charge in [-0.1, -0.05) is 12.1 Å². The van der Waals surface area contributed by atoms with Crippen LogP contribution in [0.25, 0.3) is 0 Å². The van der Waals surface area contributed by atoms with Crippen LogP contribution in [0.15, 0.2) is 10.6 Å². The molecule has 16 heavy (non-hydrogen) atoms. The lowest BCUT2D eigenvalue weighted by atomic mass is 10.4. The van der Waals surface area contributed by atoms with Gasteiger partial charge in [0.25, 0.3) is 0 Å². The lowest BCUT2D eigenvalue weighted by Crippen LogP contribution is -2.13. The maximum atomic E-state index is 11.4. The van der Waals surface area contributed by atoms with E-state index >= 15 is 0 Å². The van der Waals surface area contributed by atoms with Gasteiger partial charge in [-0.15, -0.1) is 0 Å². The minimum absolute atomic E-state index is 0.0917. The number of nitrogens with zero attached hydrogens (tertiary/aromatic N) is 1. The Kier molecular flexibility index (Phi) is 5.34. The summed E-state index contributed by atoms with van der Waals surface area (Å²) in [7, 11) is 0. The normalized spacial score (nSPS) is 12.4. The fourth-order valence-corrected chi connectivity index (χ4v) is 1.85. The van der Waals surface area contributed by atoms with Crippen molar-refractivity contribution in [2.45, 2.75) is 25.5 Å². The molecular formula is C10H16N2O3S. The summed E-state index contributed by atoms with van der Waals surface area (Å²) in [5.74, 6) is 1.71. The van der Waals surface area contributed by atoms with Crippen molar-refractivity contribution in [2.75, 3.05) is 17.7 Å². The molecule has 1 rings (SSSR count). The van der Waals surface area contributed by atoms with E-state index in [0.717, 1.165) is 0 Å². The number of thioether (sulfide) groups is 1. The summed E-state index contributed by atoms with van der Waals surface area (Å²) in [6, 6.07) is 1.67. The molecular weight excluding hydrogens is 228 g/mol. The number of anilines is 1. The minimum Gasteiger partial charge on any atom is -0.395 e. The van der Waals surface area contributed by atoms with Crippen molar-refractivity contribution >= 4 is 23.5 Å². The van der Waals surface area contributed by atoms with E-state index in [-0.39, 0.29) is 17.8 Å². The van der Waals surface area contributed by atoms with Crippen LogP contribution < -0.4 is 5.32 Å². The lowest BCUT2D eigenvalue weighted by molar-refractivity contribution is -0.115. The number of aromatic nitrogens is 1. The average Bonchev–Trinajstić information content (AvgIpc) is 2.63. The fraction of sp³-hybridized carbons (Fsp3) is 0.600. The van der Waals surface area contributed by atoms with Crippen molar-refractivity contribution < 1.29 is 14.4 Å². The SMILES string of the molecule is Cc1cc(NC(=O)CCS[C@@H](C)CO)no1. The van der Waals surface area contributed by atoms with Crippen molar-refractivity contribution in [1.82, 2.24) is 5.16 Å². The van der Waals surface area contributed by atoms with E-state index in [0.29, 0.717) is 23.8 Å². The predicted molar refractivity (Wildman–Crippen MR) is 63.5 cm³/mol. The van der Waals surface area contributed by atoms with Gasteiger partial charge in [-0.05, 0) is 6.92 Å². The Morgan fingerprint density at radius 1 is 1.75 bits per heavy atom. The van der Waals surface area contributed by atoms with Crippen LogP contribution in [0.1, 0.15) is 19.1 Å². The molecule has 1 aromatic heterocycles. The number of rotatable bonds is 6. The summed E-state index contributed by atoms with van der Waals surface area (Å²) >= 11 is 1.57. The molecule has 6 heteroatoms. The van der Waals surface area contributed by atoms with E-state index in [4.69, 9.17) is 9.63 Å². The third-order valence-corrected chi connectivity index (χ3v) is 3.04. The molecule has 0 saturated heterocycles. The van der Waals surface area contributed by atoms with E-state index < -0.39 is 0 Å². The second-order valence-corrected chi connectivity index (χ2v) is 5.03. The Labute approximate surface area is 98.6 Å². The molecule has 1 heterocycles. The first-order valence-electron chi connectivity index (χ1n) is 5.07.